The molecule has 3 aromatic carbocycles. The first-order valence-electron chi connectivity index (χ1n) is 11.6. The largest absolute Gasteiger partial charge is 0.351 e. The molecule has 35 heavy (non-hydrogen) atoms. The number of carbonyl (C=O) groups excluding carboxylic acids is 2. The van der Waals surface area contributed by atoms with E-state index >= 15 is 0 Å². The van der Waals surface area contributed by atoms with Crippen molar-refractivity contribution in [2.75, 3.05) is 31.1 Å². The van der Waals surface area contributed by atoms with Crippen molar-refractivity contribution in [2.24, 2.45) is 0 Å². The lowest BCUT2D eigenvalue weighted by Crippen LogP contribution is -2.35. The minimum absolute atomic E-state index is 0.230. The van der Waals surface area contributed by atoms with E-state index in [-0.39, 0.29) is 18.4 Å². The van der Waals surface area contributed by atoms with Crippen LogP contribution in [0.5, 0.6) is 0 Å². The van der Waals surface area contributed by atoms with Crippen LogP contribution < -0.4 is 10.2 Å². The highest BCUT2D eigenvalue weighted by Gasteiger charge is 2.31. The molecule has 0 saturated carbocycles. The molecule has 1 N–H and O–H groups in total. The van der Waals surface area contributed by atoms with Crippen LogP contribution in [0.4, 0.5) is 5.69 Å². The molecule has 3 aromatic rings. The first kappa shape index (κ1) is 25.1. The third kappa shape index (κ3) is 5.48. The molecule has 6 nitrogen and oxygen atoms in total. The van der Waals surface area contributed by atoms with E-state index in [1.165, 1.54) is 0 Å². The van der Waals surface area contributed by atoms with E-state index in [1.54, 1.807) is 59.5 Å². The van der Waals surface area contributed by atoms with Gasteiger partial charge in [-0.1, -0.05) is 49.7 Å². The predicted molar refractivity (Wildman–Crippen MR) is 140 cm³/mol. The monoisotopic (exact) mass is 509 g/mol. The van der Waals surface area contributed by atoms with Gasteiger partial charge in [-0.2, -0.15) is 0 Å². The molecule has 1 aliphatic rings. The van der Waals surface area contributed by atoms with E-state index in [2.05, 4.69) is 24.1 Å². The number of fused-ring (bicyclic) bond motifs is 2. The second kappa shape index (κ2) is 11.2. The van der Waals surface area contributed by atoms with E-state index in [9.17, 15) is 13.8 Å². The number of likely N-dealkylation sites (N-methyl/N-ethyl adjacent to an activating group) is 1. The fourth-order valence-electron chi connectivity index (χ4n) is 4.10. The number of halogens is 1. The lowest BCUT2D eigenvalue weighted by molar-refractivity contribution is 0.0945. The number of hydrogen-bond acceptors (Lipinski definition) is 4. The van der Waals surface area contributed by atoms with Gasteiger partial charge in [0.25, 0.3) is 11.8 Å². The Morgan fingerprint density at radius 1 is 1.00 bits per heavy atom. The van der Waals surface area contributed by atoms with Crippen molar-refractivity contribution in [1.82, 2.24) is 10.2 Å². The molecule has 1 heterocycles. The summed E-state index contributed by atoms with van der Waals surface area (Å²) in [4.78, 5) is 31.4. The van der Waals surface area contributed by atoms with Gasteiger partial charge in [-0.05, 0) is 61.1 Å². The SMILES string of the molecule is CCN(CC)CCNC(=O)c1ccc2c(c1)N(Cc1ccc(Cl)cc1)C(=O)c1ccccc1[S@@]2=O. The summed E-state index contributed by atoms with van der Waals surface area (Å²) >= 11 is 6.04. The minimum atomic E-state index is -1.57. The molecule has 0 aromatic heterocycles. The third-order valence-electron chi connectivity index (χ3n) is 6.14. The number of nitrogens with one attached hydrogen (secondary N) is 1. The molecule has 0 fully saturated rings. The summed E-state index contributed by atoms with van der Waals surface area (Å²) < 4.78 is 13.5. The Kier molecular flexibility index (Phi) is 8.00. The maximum atomic E-state index is 13.7. The van der Waals surface area contributed by atoms with Crippen molar-refractivity contribution in [1.29, 1.82) is 0 Å². The number of nitrogens with zero attached hydrogens (tertiary/aromatic N) is 2. The molecule has 182 valence electrons. The molecule has 0 radical (unpaired) electrons. The lowest BCUT2D eigenvalue weighted by Gasteiger charge is -2.24. The summed E-state index contributed by atoms with van der Waals surface area (Å²) in [6, 6.07) is 19.2. The van der Waals surface area contributed by atoms with Crippen LogP contribution in [-0.4, -0.2) is 47.1 Å². The van der Waals surface area contributed by atoms with E-state index in [0.717, 1.165) is 25.2 Å². The molecule has 2 amide bonds. The first-order chi connectivity index (χ1) is 16.9. The number of benzene rings is 3. The van der Waals surface area contributed by atoms with E-state index in [0.29, 0.717) is 38.2 Å². The van der Waals surface area contributed by atoms with E-state index in [4.69, 9.17) is 11.6 Å². The van der Waals surface area contributed by atoms with Gasteiger partial charge in [-0.3, -0.25) is 9.59 Å². The van der Waals surface area contributed by atoms with Crippen molar-refractivity contribution < 1.29 is 13.8 Å². The maximum Gasteiger partial charge on any atom is 0.259 e. The summed E-state index contributed by atoms with van der Waals surface area (Å²) in [5.74, 6) is -0.492. The van der Waals surface area contributed by atoms with Gasteiger partial charge < -0.3 is 15.1 Å². The van der Waals surface area contributed by atoms with Crippen LogP contribution in [0, 0.1) is 0 Å². The fourth-order valence-corrected chi connectivity index (χ4v) is 5.57. The Morgan fingerprint density at radius 3 is 2.43 bits per heavy atom. The highest BCUT2D eigenvalue weighted by Crippen LogP contribution is 2.36. The Morgan fingerprint density at radius 2 is 1.71 bits per heavy atom. The standard InChI is InChI=1S/C27H28ClN3O3S/c1-3-30(4-2)16-15-29-26(32)20-11-14-25-23(17-20)31(18-19-9-12-21(28)13-10-19)27(33)22-7-5-6-8-24(22)35(25)34/h5-14,17H,3-4,15-16,18H2,1-2H3,(H,29,32)/t35-/m0/s1. The highest BCUT2D eigenvalue weighted by atomic mass is 35.5. The van der Waals surface area contributed by atoms with Crippen molar-refractivity contribution in [3.05, 3.63) is 88.4 Å². The molecule has 0 aliphatic carbocycles. The average Bonchev–Trinajstić information content (AvgIpc) is 2.97. The van der Waals surface area contributed by atoms with Crippen LogP contribution in [0.3, 0.4) is 0 Å². The van der Waals surface area contributed by atoms with Crippen LogP contribution in [-0.2, 0) is 17.3 Å². The normalized spacial score (nSPS) is 14.9. The van der Waals surface area contributed by atoms with Gasteiger partial charge in [0.15, 0.2) is 0 Å². The summed E-state index contributed by atoms with van der Waals surface area (Å²) in [6.07, 6.45) is 0. The third-order valence-corrected chi connectivity index (χ3v) is 7.89. The Balaban J connectivity index is 1.70. The van der Waals surface area contributed by atoms with Crippen LogP contribution in [0.15, 0.2) is 76.5 Å². The van der Waals surface area contributed by atoms with Gasteiger partial charge >= 0.3 is 0 Å². The summed E-state index contributed by atoms with van der Waals surface area (Å²) in [7, 11) is -1.57. The van der Waals surface area contributed by atoms with Gasteiger partial charge in [0.1, 0.15) is 0 Å². The lowest BCUT2D eigenvalue weighted by atomic mass is 10.1. The second-order valence-corrected chi connectivity index (χ2v) is 10.1. The van der Waals surface area contributed by atoms with Crippen LogP contribution in [0.1, 0.15) is 40.1 Å². The van der Waals surface area contributed by atoms with Crippen molar-refractivity contribution in [2.45, 2.75) is 30.2 Å². The Hall–Kier alpha value is -3.00. The second-order valence-electron chi connectivity index (χ2n) is 8.25. The summed E-state index contributed by atoms with van der Waals surface area (Å²) in [5, 5.41) is 3.56. The van der Waals surface area contributed by atoms with Crippen LogP contribution in [0.2, 0.25) is 5.02 Å². The van der Waals surface area contributed by atoms with Crippen LogP contribution >= 0.6 is 11.6 Å². The zero-order valence-corrected chi connectivity index (χ0v) is 21.4. The molecule has 4 rings (SSSR count). The molecule has 0 saturated heterocycles. The molecule has 0 spiro atoms. The summed E-state index contributed by atoms with van der Waals surface area (Å²) in [6.45, 7) is 7.53. The van der Waals surface area contributed by atoms with Crippen molar-refractivity contribution >= 4 is 39.9 Å². The topological polar surface area (TPSA) is 69.7 Å². The fraction of sp³-hybridized carbons (Fsp3) is 0.259. The minimum Gasteiger partial charge on any atom is -0.351 e. The number of carbonyl (C=O) groups is 2. The smallest absolute Gasteiger partial charge is 0.259 e. The molecular weight excluding hydrogens is 482 g/mol. The van der Waals surface area contributed by atoms with Gasteiger partial charge in [0.05, 0.1) is 38.4 Å². The predicted octanol–water partition coefficient (Wildman–Crippen LogP) is 4.74. The number of anilines is 1. The number of rotatable bonds is 8. The molecule has 0 bridgehead atoms. The van der Waals surface area contributed by atoms with Crippen molar-refractivity contribution in [3.8, 4) is 0 Å². The number of hydrogen-bond donors (Lipinski definition) is 1. The maximum absolute atomic E-state index is 13.7. The molecule has 8 heteroatoms. The highest BCUT2D eigenvalue weighted by molar-refractivity contribution is 7.85. The van der Waals surface area contributed by atoms with Gasteiger partial charge in [-0.15, -0.1) is 0 Å². The van der Waals surface area contributed by atoms with Gasteiger partial charge in [0.2, 0.25) is 0 Å². The molecule has 1 aliphatic heterocycles. The zero-order chi connectivity index (χ0) is 24.9. The van der Waals surface area contributed by atoms with Gasteiger partial charge in [0, 0.05) is 23.7 Å². The van der Waals surface area contributed by atoms with Gasteiger partial charge in [-0.25, -0.2) is 4.21 Å². The zero-order valence-electron chi connectivity index (χ0n) is 19.8. The van der Waals surface area contributed by atoms with E-state index < -0.39 is 10.8 Å². The average molecular weight is 510 g/mol. The Bertz CT molecular complexity index is 1260. The van der Waals surface area contributed by atoms with Crippen molar-refractivity contribution in [3.63, 3.8) is 0 Å². The first-order valence-corrected chi connectivity index (χ1v) is 13.2. The quantitative estimate of drug-likeness (QED) is 0.476. The summed E-state index contributed by atoms with van der Waals surface area (Å²) in [5.41, 5.74) is 2.14. The van der Waals surface area contributed by atoms with Crippen LogP contribution in [0.25, 0.3) is 0 Å². The molecular formula is C27H28ClN3O3S. The number of amides is 2. The molecule has 0 unspecified atom stereocenters. The molecule has 1 atom stereocenters. The Labute approximate surface area is 213 Å². The van der Waals surface area contributed by atoms with E-state index in [1.807, 2.05) is 12.1 Å².